The first kappa shape index (κ1) is 33.1. The lowest BCUT2D eigenvalue weighted by molar-refractivity contribution is -0.137. The fraction of sp³-hybridized carbons (Fsp3) is 0.931. The molecule has 0 amide bonds. The summed E-state index contributed by atoms with van der Waals surface area (Å²) in [6.07, 6.45) is 24.1. The average Bonchev–Trinajstić information content (AvgIpc) is 2.82. The monoisotopic (exact) mass is 484 g/mol. The number of carbonyl (C=O) groups excluding carboxylic acids is 1. The van der Waals surface area contributed by atoms with Crippen LogP contribution in [0.1, 0.15) is 148 Å². The van der Waals surface area contributed by atoms with Crippen LogP contribution >= 0.6 is 0 Å². The largest absolute Gasteiger partial charge is 0.481 e. The normalized spacial score (nSPS) is 11.2. The Kier molecular flexibility index (Phi) is 27.5. The zero-order valence-electron chi connectivity index (χ0n) is 22.5. The van der Waals surface area contributed by atoms with Gasteiger partial charge in [-0.15, -0.1) is 0 Å². The molecule has 0 atom stereocenters. The van der Waals surface area contributed by atoms with Crippen molar-refractivity contribution in [3.05, 3.63) is 0 Å². The standard InChI is InChI=1S/C29H56O5/c1-2-24-33-26-19-20-27-34-25-18-17-22-28(30)21-15-13-11-9-7-5-3-4-6-8-10-12-14-16-23-29(31)32/h2-27H2,1H3,(H,31,32). The van der Waals surface area contributed by atoms with Gasteiger partial charge in [-0.05, 0) is 44.9 Å². The van der Waals surface area contributed by atoms with Gasteiger partial charge >= 0.3 is 5.97 Å². The maximum absolute atomic E-state index is 12.0. The van der Waals surface area contributed by atoms with Gasteiger partial charge in [-0.3, -0.25) is 9.59 Å². The minimum absolute atomic E-state index is 0.322. The molecule has 0 unspecified atom stereocenters. The Bertz CT molecular complexity index is 438. The Labute approximate surface area is 210 Å². The van der Waals surface area contributed by atoms with Crippen LogP contribution in [-0.4, -0.2) is 43.3 Å². The highest BCUT2D eigenvalue weighted by Gasteiger charge is 2.02. The van der Waals surface area contributed by atoms with E-state index in [0.717, 1.165) is 90.6 Å². The summed E-state index contributed by atoms with van der Waals surface area (Å²) in [4.78, 5) is 22.4. The third kappa shape index (κ3) is 29.1. The van der Waals surface area contributed by atoms with Gasteiger partial charge in [-0.1, -0.05) is 84.0 Å². The fourth-order valence-electron chi connectivity index (χ4n) is 4.13. The topological polar surface area (TPSA) is 72.8 Å². The van der Waals surface area contributed by atoms with Crippen molar-refractivity contribution in [2.75, 3.05) is 26.4 Å². The minimum Gasteiger partial charge on any atom is -0.481 e. The van der Waals surface area contributed by atoms with E-state index in [1.165, 1.54) is 70.6 Å². The van der Waals surface area contributed by atoms with Crippen LogP contribution in [0.25, 0.3) is 0 Å². The van der Waals surface area contributed by atoms with Crippen LogP contribution in [0.4, 0.5) is 0 Å². The van der Waals surface area contributed by atoms with E-state index in [2.05, 4.69) is 6.92 Å². The Balaban J connectivity index is 3.15. The van der Waals surface area contributed by atoms with Crippen molar-refractivity contribution >= 4 is 11.8 Å². The summed E-state index contributed by atoms with van der Waals surface area (Å²) < 4.78 is 11.1. The van der Waals surface area contributed by atoms with Crippen molar-refractivity contribution in [2.45, 2.75) is 148 Å². The number of ketones is 1. The maximum Gasteiger partial charge on any atom is 0.303 e. The van der Waals surface area contributed by atoms with Crippen molar-refractivity contribution in [2.24, 2.45) is 0 Å². The molecule has 0 aliphatic rings. The second-order valence-electron chi connectivity index (χ2n) is 9.77. The molecule has 0 rings (SSSR count). The van der Waals surface area contributed by atoms with Gasteiger partial charge in [-0.25, -0.2) is 0 Å². The SMILES string of the molecule is CCCOCCCCOCCCCC(=O)CCCCCCCCCCCCCCCCC(=O)O. The van der Waals surface area contributed by atoms with Gasteiger partial charge in [0.25, 0.3) is 0 Å². The van der Waals surface area contributed by atoms with Crippen molar-refractivity contribution < 1.29 is 24.2 Å². The van der Waals surface area contributed by atoms with Gasteiger partial charge in [-0.2, -0.15) is 0 Å². The summed E-state index contributed by atoms with van der Waals surface area (Å²) in [7, 11) is 0. The number of Topliss-reactive ketones (excluding diaryl/α,β-unsaturated/α-hetero) is 1. The second-order valence-corrected chi connectivity index (χ2v) is 9.77. The summed E-state index contributed by atoms with van der Waals surface area (Å²) in [6.45, 7) is 5.41. The fourth-order valence-corrected chi connectivity index (χ4v) is 4.13. The Morgan fingerprint density at radius 1 is 0.471 bits per heavy atom. The molecule has 0 saturated carbocycles. The van der Waals surface area contributed by atoms with Crippen molar-refractivity contribution in [1.29, 1.82) is 0 Å². The second kappa shape index (κ2) is 28.3. The molecule has 5 heteroatoms. The number of carbonyl (C=O) groups is 2. The van der Waals surface area contributed by atoms with Crippen LogP contribution in [0.2, 0.25) is 0 Å². The predicted molar refractivity (Wildman–Crippen MR) is 142 cm³/mol. The molecule has 0 aromatic heterocycles. The van der Waals surface area contributed by atoms with Crippen molar-refractivity contribution in [3.63, 3.8) is 0 Å². The molecular formula is C29H56O5. The predicted octanol–water partition coefficient (Wildman–Crippen LogP) is 8.28. The maximum atomic E-state index is 12.0. The molecule has 202 valence electrons. The Hall–Kier alpha value is -0.940. The van der Waals surface area contributed by atoms with Gasteiger partial charge in [0, 0.05) is 45.7 Å². The first-order valence-electron chi connectivity index (χ1n) is 14.6. The molecule has 0 aromatic carbocycles. The minimum atomic E-state index is -0.670. The van der Waals surface area contributed by atoms with Crippen LogP contribution in [-0.2, 0) is 19.1 Å². The van der Waals surface area contributed by atoms with Crippen LogP contribution in [0.5, 0.6) is 0 Å². The van der Waals surface area contributed by atoms with E-state index in [1.807, 2.05) is 0 Å². The highest BCUT2D eigenvalue weighted by Crippen LogP contribution is 2.14. The molecule has 1 N–H and O–H groups in total. The number of aliphatic carboxylic acids is 1. The molecule has 0 aliphatic carbocycles. The number of unbranched alkanes of at least 4 members (excludes halogenated alkanes) is 15. The number of rotatable bonds is 29. The van der Waals surface area contributed by atoms with E-state index in [4.69, 9.17) is 14.6 Å². The van der Waals surface area contributed by atoms with E-state index in [0.29, 0.717) is 12.2 Å². The summed E-state index contributed by atoms with van der Waals surface area (Å²) in [5.74, 6) is -0.244. The zero-order chi connectivity index (χ0) is 25.0. The van der Waals surface area contributed by atoms with Gasteiger partial charge in [0.1, 0.15) is 5.78 Å². The third-order valence-corrected chi connectivity index (χ3v) is 6.27. The molecule has 0 spiro atoms. The first-order chi connectivity index (χ1) is 16.7. The van der Waals surface area contributed by atoms with Crippen molar-refractivity contribution in [3.8, 4) is 0 Å². The van der Waals surface area contributed by atoms with E-state index in [-0.39, 0.29) is 0 Å². The number of hydrogen-bond acceptors (Lipinski definition) is 4. The molecule has 0 bridgehead atoms. The number of hydrogen-bond donors (Lipinski definition) is 1. The number of ether oxygens (including phenoxy) is 2. The highest BCUT2D eigenvalue weighted by atomic mass is 16.5. The smallest absolute Gasteiger partial charge is 0.303 e. The van der Waals surface area contributed by atoms with Crippen LogP contribution in [0.3, 0.4) is 0 Å². The van der Waals surface area contributed by atoms with E-state index in [9.17, 15) is 9.59 Å². The summed E-state index contributed by atoms with van der Waals surface area (Å²) >= 11 is 0. The number of carboxylic acids is 1. The van der Waals surface area contributed by atoms with Crippen LogP contribution < -0.4 is 0 Å². The molecule has 0 saturated heterocycles. The highest BCUT2D eigenvalue weighted by molar-refractivity contribution is 5.78. The number of carboxylic acid groups (broad SMARTS) is 1. The lowest BCUT2D eigenvalue weighted by Gasteiger charge is -2.05. The zero-order valence-corrected chi connectivity index (χ0v) is 22.5. The molecule has 0 radical (unpaired) electrons. The van der Waals surface area contributed by atoms with Gasteiger partial charge in [0.2, 0.25) is 0 Å². The van der Waals surface area contributed by atoms with Crippen molar-refractivity contribution in [1.82, 2.24) is 0 Å². The molecule has 0 fully saturated rings. The Morgan fingerprint density at radius 3 is 1.21 bits per heavy atom. The molecule has 0 aliphatic heterocycles. The molecular weight excluding hydrogens is 428 g/mol. The van der Waals surface area contributed by atoms with Gasteiger partial charge in [0.05, 0.1) is 0 Å². The molecule has 0 heterocycles. The summed E-state index contributed by atoms with van der Waals surface area (Å²) in [6, 6.07) is 0. The Morgan fingerprint density at radius 2 is 0.794 bits per heavy atom. The molecule has 0 aromatic rings. The van der Waals surface area contributed by atoms with Gasteiger partial charge in [0.15, 0.2) is 0 Å². The summed E-state index contributed by atoms with van der Waals surface area (Å²) in [5.41, 5.74) is 0. The summed E-state index contributed by atoms with van der Waals surface area (Å²) in [5, 5.41) is 8.60. The third-order valence-electron chi connectivity index (χ3n) is 6.27. The van der Waals surface area contributed by atoms with Crippen LogP contribution in [0.15, 0.2) is 0 Å². The van der Waals surface area contributed by atoms with Gasteiger partial charge < -0.3 is 14.6 Å². The van der Waals surface area contributed by atoms with E-state index >= 15 is 0 Å². The lowest BCUT2D eigenvalue weighted by atomic mass is 10.0. The van der Waals surface area contributed by atoms with E-state index in [1.54, 1.807) is 0 Å². The molecule has 34 heavy (non-hydrogen) atoms. The van der Waals surface area contributed by atoms with E-state index < -0.39 is 5.97 Å². The van der Waals surface area contributed by atoms with Crippen LogP contribution in [0, 0.1) is 0 Å². The quantitative estimate of drug-likeness (QED) is 0.108. The first-order valence-corrected chi connectivity index (χ1v) is 14.6. The lowest BCUT2D eigenvalue weighted by Crippen LogP contribution is -2.02. The average molecular weight is 485 g/mol. The molecule has 5 nitrogen and oxygen atoms in total.